The summed E-state index contributed by atoms with van der Waals surface area (Å²) in [6.07, 6.45) is 1.39. The summed E-state index contributed by atoms with van der Waals surface area (Å²) in [6.45, 7) is 6.86. The zero-order valence-corrected chi connectivity index (χ0v) is 10.2. The van der Waals surface area contributed by atoms with Gasteiger partial charge in [-0.2, -0.15) is 5.10 Å². The monoisotopic (exact) mass is 225 g/mol. The van der Waals surface area contributed by atoms with Crippen LogP contribution in [0, 0.1) is 5.92 Å². The highest BCUT2D eigenvalue weighted by atomic mass is 16.4. The third kappa shape index (κ3) is 2.82. The van der Waals surface area contributed by atoms with E-state index in [2.05, 4.69) is 31.2 Å². The third-order valence-electron chi connectivity index (χ3n) is 2.88. The van der Waals surface area contributed by atoms with Crippen LogP contribution >= 0.6 is 0 Å². The van der Waals surface area contributed by atoms with Crippen LogP contribution in [0.5, 0.6) is 0 Å². The average molecular weight is 225 g/mol. The molecule has 0 radical (unpaired) electrons. The van der Waals surface area contributed by atoms with Crippen LogP contribution in [-0.2, 0) is 13.6 Å². The maximum Gasteiger partial charge on any atom is 0.339 e. The van der Waals surface area contributed by atoms with Crippen molar-refractivity contribution in [2.45, 2.75) is 33.4 Å². The molecule has 0 bridgehead atoms. The standard InChI is InChI=1S/C11H19N3O2/c1-7(2)8(3)12-6-10-9(11(15)16)5-13-14(10)4/h5,7-8,12H,6H2,1-4H3,(H,15,16). The molecule has 1 rings (SSSR count). The van der Waals surface area contributed by atoms with E-state index >= 15 is 0 Å². The fourth-order valence-electron chi connectivity index (χ4n) is 1.34. The molecule has 0 saturated carbocycles. The summed E-state index contributed by atoms with van der Waals surface area (Å²) >= 11 is 0. The summed E-state index contributed by atoms with van der Waals surface area (Å²) in [5, 5.41) is 16.2. The number of rotatable bonds is 5. The normalized spacial score (nSPS) is 13.1. The zero-order chi connectivity index (χ0) is 12.3. The molecule has 90 valence electrons. The average Bonchev–Trinajstić information content (AvgIpc) is 2.56. The minimum atomic E-state index is -0.929. The van der Waals surface area contributed by atoms with Crippen LogP contribution in [0.3, 0.4) is 0 Å². The van der Waals surface area contributed by atoms with Crippen molar-refractivity contribution < 1.29 is 9.90 Å². The van der Waals surface area contributed by atoms with E-state index in [0.717, 1.165) is 0 Å². The number of carboxylic acids is 1. The van der Waals surface area contributed by atoms with Gasteiger partial charge in [0.1, 0.15) is 5.56 Å². The fourth-order valence-corrected chi connectivity index (χ4v) is 1.34. The molecule has 0 spiro atoms. The highest BCUT2D eigenvalue weighted by Gasteiger charge is 2.15. The number of aromatic carboxylic acids is 1. The molecular weight excluding hydrogens is 206 g/mol. The number of nitrogens with one attached hydrogen (secondary N) is 1. The van der Waals surface area contributed by atoms with Crippen molar-refractivity contribution >= 4 is 5.97 Å². The number of hydrogen-bond acceptors (Lipinski definition) is 3. The van der Waals surface area contributed by atoms with Crippen LogP contribution in [0.2, 0.25) is 0 Å². The maximum absolute atomic E-state index is 10.9. The van der Waals surface area contributed by atoms with E-state index in [-0.39, 0.29) is 5.56 Å². The second-order valence-corrected chi connectivity index (χ2v) is 4.35. The zero-order valence-electron chi connectivity index (χ0n) is 10.2. The molecule has 2 N–H and O–H groups in total. The topological polar surface area (TPSA) is 67.2 Å². The van der Waals surface area contributed by atoms with Gasteiger partial charge in [0.2, 0.25) is 0 Å². The first-order valence-corrected chi connectivity index (χ1v) is 5.41. The molecule has 5 heteroatoms. The minimum absolute atomic E-state index is 0.269. The number of aromatic nitrogens is 2. The van der Waals surface area contributed by atoms with Gasteiger partial charge in [0.05, 0.1) is 11.9 Å². The smallest absolute Gasteiger partial charge is 0.339 e. The number of carbonyl (C=O) groups is 1. The molecule has 0 amide bonds. The van der Waals surface area contributed by atoms with Gasteiger partial charge < -0.3 is 10.4 Å². The highest BCUT2D eigenvalue weighted by Crippen LogP contribution is 2.08. The number of aryl methyl sites for hydroxylation is 1. The van der Waals surface area contributed by atoms with Gasteiger partial charge in [-0.25, -0.2) is 4.79 Å². The molecule has 0 fully saturated rings. The first-order valence-electron chi connectivity index (χ1n) is 5.41. The van der Waals surface area contributed by atoms with Crippen LogP contribution < -0.4 is 5.32 Å². The lowest BCUT2D eigenvalue weighted by atomic mass is 10.1. The lowest BCUT2D eigenvalue weighted by molar-refractivity contribution is 0.0695. The van der Waals surface area contributed by atoms with Crippen molar-refractivity contribution in [2.24, 2.45) is 13.0 Å². The molecule has 0 aliphatic carbocycles. The van der Waals surface area contributed by atoms with E-state index in [9.17, 15) is 4.79 Å². The van der Waals surface area contributed by atoms with Crippen LogP contribution in [0.25, 0.3) is 0 Å². The molecule has 1 atom stereocenters. The Morgan fingerprint density at radius 3 is 2.69 bits per heavy atom. The van der Waals surface area contributed by atoms with Gasteiger partial charge in [0.25, 0.3) is 0 Å². The van der Waals surface area contributed by atoms with Crippen molar-refractivity contribution in [3.63, 3.8) is 0 Å². The van der Waals surface area contributed by atoms with E-state index in [1.165, 1.54) is 6.20 Å². The summed E-state index contributed by atoms with van der Waals surface area (Å²) in [4.78, 5) is 10.9. The Labute approximate surface area is 95.5 Å². The second kappa shape index (κ2) is 5.12. The molecule has 16 heavy (non-hydrogen) atoms. The summed E-state index contributed by atoms with van der Waals surface area (Å²) in [5.74, 6) is -0.413. The van der Waals surface area contributed by atoms with Gasteiger partial charge in [0.15, 0.2) is 0 Å². The molecule has 1 aromatic rings. The van der Waals surface area contributed by atoms with Gasteiger partial charge in [-0.15, -0.1) is 0 Å². The Morgan fingerprint density at radius 1 is 1.56 bits per heavy atom. The molecule has 1 aromatic heterocycles. The third-order valence-corrected chi connectivity index (χ3v) is 2.88. The van der Waals surface area contributed by atoms with Crippen molar-refractivity contribution in [1.82, 2.24) is 15.1 Å². The highest BCUT2D eigenvalue weighted by molar-refractivity contribution is 5.88. The maximum atomic E-state index is 10.9. The lowest BCUT2D eigenvalue weighted by Gasteiger charge is -2.17. The Kier molecular flexibility index (Phi) is 4.06. The van der Waals surface area contributed by atoms with Crippen molar-refractivity contribution in [2.75, 3.05) is 0 Å². The van der Waals surface area contributed by atoms with Gasteiger partial charge in [0, 0.05) is 19.6 Å². The second-order valence-electron chi connectivity index (χ2n) is 4.35. The quantitative estimate of drug-likeness (QED) is 0.791. The SMILES string of the molecule is CC(C)C(C)NCc1c(C(=O)O)cnn1C. The Hall–Kier alpha value is -1.36. The van der Waals surface area contributed by atoms with Crippen LogP contribution in [0.4, 0.5) is 0 Å². The molecule has 0 aliphatic rings. The summed E-state index contributed by atoms with van der Waals surface area (Å²) < 4.78 is 1.60. The molecule has 5 nitrogen and oxygen atoms in total. The number of nitrogens with zero attached hydrogens (tertiary/aromatic N) is 2. The van der Waals surface area contributed by atoms with Crippen molar-refractivity contribution in [3.05, 3.63) is 17.5 Å². The fraction of sp³-hybridized carbons (Fsp3) is 0.636. The molecule has 0 saturated heterocycles. The van der Waals surface area contributed by atoms with E-state index in [1.54, 1.807) is 11.7 Å². The predicted molar refractivity (Wildman–Crippen MR) is 61.3 cm³/mol. The van der Waals surface area contributed by atoms with Gasteiger partial charge in [-0.1, -0.05) is 13.8 Å². The largest absolute Gasteiger partial charge is 0.478 e. The van der Waals surface area contributed by atoms with E-state index in [4.69, 9.17) is 5.11 Å². The van der Waals surface area contributed by atoms with Crippen LogP contribution in [-0.4, -0.2) is 26.9 Å². The minimum Gasteiger partial charge on any atom is -0.478 e. The first-order chi connectivity index (χ1) is 7.43. The van der Waals surface area contributed by atoms with Gasteiger partial charge >= 0.3 is 5.97 Å². The molecular formula is C11H19N3O2. The van der Waals surface area contributed by atoms with Gasteiger partial charge in [-0.3, -0.25) is 4.68 Å². The van der Waals surface area contributed by atoms with E-state index in [1.807, 2.05) is 0 Å². The van der Waals surface area contributed by atoms with E-state index in [0.29, 0.717) is 24.2 Å². The molecule has 1 heterocycles. The van der Waals surface area contributed by atoms with Gasteiger partial charge in [-0.05, 0) is 12.8 Å². The lowest BCUT2D eigenvalue weighted by Crippen LogP contribution is -2.31. The summed E-state index contributed by atoms with van der Waals surface area (Å²) in [7, 11) is 1.75. The van der Waals surface area contributed by atoms with E-state index < -0.39 is 5.97 Å². The van der Waals surface area contributed by atoms with Crippen LogP contribution in [0.15, 0.2) is 6.20 Å². The number of hydrogen-bond donors (Lipinski definition) is 2. The van der Waals surface area contributed by atoms with Crippen molar-refractivity contribution in [3.8, 4) is 0 Å². The Balaban J connectivity index is 2.73. The summed E-state index contributed by atoms with van der Waals surface area (Å²) in [5.41, 5.74) is 0.978. The molecule has 0 aromatic carbocycles. The Bertz CT molecular complexity index is 371. The number of carboxylic acid groups (broad SMARTS) is 1. The molecule has 0 aliphatic heterocycles. The Morgan fingerprint density at radius 2 is 2.19 bits per heavy atom. The summed E-state index contributed by atoms with van der Waals surface area (Å²) in [6, 6.07) is 0.344. The first kappa shape index (κ1) is 12.7. The predicted octanol–water partition coefficient (Wildman–Crippen LogP) is 1.25. The van der Waals surface area contributed by atoms with Crippen molar-refractivity contribution in [1.29, 1.82) is 0 Å². The molecule has 1 unspecified atom stereocenters. The van der Waals surface area contributed by atoms with Crippen LogP contribution in [0.1, 0.15) is 36.8 Å².